The summed E-state index contributed by atoms with van der Waals surface area (Å²) in [6.45, 7) is 6.85. The summed E-state index contributed by atoms with van der Waals surface area (Å²) in [4.78, 5) is 12.1. The Morgan fingerprint density at radius 3 is 2.63 bits per heavy atom. The minimum atomic E-state index is -0.208. The first-order valence-electron chi connectivity index (χ1n) is 6.41. The largest absolute Gasteiger partial charge is 0.384 e. The zero-order valence-corrected chi connectivity index (χ0v) is 11.8. The van der Waals surface area contributed by atoms with Gasteiger partial charge in [0.1, 0.15) is 6.61 Å². The van der Waals surface area contributed by atoms with Crippen LogP contribution in [-0.2, 0) is 0 Å². The highest BCUT2D eigenvalue weighted by molar-refractivity contribution is 5.96. The molecule has 102 valence electrons. The van der Waals surface area contributed by atoms with Crippen LogP contribution in [0.1, 0.15) is 43.1 Å². The lowest BCUT2D eigenvalue weighted by Gasteiger charge is -2.18. The molecule has 0 bridgehead atoms. The third-order valence-electron chi connectivity index (χ3n) is 2.63. The fraction of sp³-hybridized carbons (Fsp3) is 0.438. The summed E-state index contributed by atoms with van der Waals surface area (Å²) >= 11 is 0. The maximum Gasteiger partial charge on any atom is 0.252 e. The first kappa shape index (κ1) is 15.3. The molecule has 0 saturated carbocycles. The predicted molar refractivity (Wildman–Crippen MR) is 76.8 cm³/mol. The number of aliphatic hydroxyl groups excluding tert-OH is 1. The molecule has 1 rings (SSSR count). The SMILES string of the molecule is CC(C)(C)CCNC(=O)c1ccccc1C#CCO. The van der Waals surface area contributed by atoms with E-state index in [9.17, 15) is 4.79 Å². The molecule has 0 spiro atoms. The minimum absolute atomic E-state index is 0.118. The van der Waals surface area contributed by atoms with E-state index in [4.69, 9.17) is 5.11 Å². The zero-order valence-electron chi connectivity index (χ0n) is 11.8. The van der Waals surface area contributed by atoms with Crippen LogP contribution in [-0.4, -0.2) is 24.2 Å². The maximum atomic E-state index is 12.1. The Kier molecular flexibility index (Phi) is 5.59. The van der Waals surface area contributed by atoms with Gasteiger partial charge >= 0.3 is 0 Å². The van der Waals surface area contributed by atoms with Crippen molar-refractivity contribution in [2.75, 3.05) is 13.2 Å². The smallest absolute Gasteiger partial charge is 0.252 e. The molecule has 0 fully saturated rings. The Morgan fingerprint density at radius 2 is 2.00 bits per heavy atom. The summed E-state index contributed by atoms with van der Waals surface area (Å²) in [6.07, 6.45) is 0.920. The van der Waals surface area contributed by atoms with E-state index in [0.29, 0.717) is 17.7 Å². The van der Waals surface area contributed by atoms with Crippen molar-refractivity contribution >= 4 is 5.91 Å². The summed E-state index contributed by atoms with van der Waals surface area (Å²) in [5, 5.41) is 11.6. The summed E-state index contributed by atoms with van der Waals surface area (Å²) in [5.74, 6) is 5.24. The van der Waals surface area contributed by atoms with Gasteiger partial charge in [0, 0.05) is 12.1 Å². The van der Waals surface area contributed by atoms with Crippen LogP contribution in [0.15, 0.2) is 24.3 Å². The molecule has 1 amide bonds. The molecule has 1 aromatic carbocycles. The van der Waals surface area contributed by atoms with Gasteiger partial charge in [-0.3, -0.25) is 4.79 Å². The van der Waals surface area contributed by atoms with Crippen molar-refractivity contribution in [3.63, 3.8) is 0 Å². The average Bonchev–Trinajstić information content (AvgIpc) is 2.35. The van der Waals surface area contributed by atoms with Gasteiger partial charge in [-0.2, -0.15) is 0 Å². The second-order valence-electron chi connectivity index (χ2n) is 5.57. The van der Waals surface area contributed by atoms with Gasteiger partial charge in [-0.05, 0) is 24.0 Å². The van der Waals surface area contributed by atoms with Gasteiger partial charge in [0.05, 0.1) is 5.56 Å². The standard InChI is InChI=1S/C16H21NO2/c1-16(2,3)10-11-17-15(19)14-9-5-4-7-13(14)8-6-12-18/h4-5,7,9,18H,10-12H2,1-3H3,(H,17,19). The maximum absolute atomic E-state index is 12.1. The van der Waals surface area contributed by atoms with E-state index in [1.165, 1.54) is 0 Å². The van der Waals surface area contributed by atoms with Crippen molar-refractivity contribution in [3.8, 4) is 11.8 Å². The molecule has 0 heterocycles. The van der Waals surface area contributed by atoms with Gasteiger partial charge in [-0.25, -0.2) is 0 Å². The molecule has 0 radical (unpaired) electrons. The van der Waals surface area contributed by atoms with Crippen LogP contribution in [0.4, 0.5) is 0 Å². The second kappa shape index (κ2) is 6.96. The molecule has 0 aromatic heterocycles. The van der Waals surface area contributed by atoms with E-state index in [2.05, 4.69) is 37.9 Å². The number of hydrogen-bond acceptors (Lipinski definition) is 2. The number of carbonyl (C=O) groups excluding carboxylic acids is 1. The van der Waals surface area contributed by atoms with Crippen molar-refractivity contribution in [3.05, 3.63) is 35.4 Å². The van der Waals surface area contributed by atoms with Gasteiger partial charge in [0.2, 0.25) is 0 Å². The van der Waals surface area contributed by atoms with Crippen LogP contribution in [0.5, 0.6) is 0 Å². The average molecular weight is 259 g/mol. The van der Waals surface area contributed by atoms with E-state index in [1.54, 1.807) is 12.1 Å². The topological polar surface area (TPSA) is 49.3 Å². The van der Waals surface area contributed by atoms with Gasteiger partial charge in [-0.15, -0.1) is 0 Å². The predicted octanol–water partition coefficient (Wildman–Crippen LogP) is 2.20. The van der Waals surface area contributed by atoms with Crippen LogP contribution < -0.4 is 5.32 Å². The van der Waals surface area contributed by atoms with Crippen molar-refractivity contribution < 1.29 is 9.90 Å². The van der Waals surface area contributed by atoms with E-state index < -0.39 is 0 Å². The molecule has 19 heavy (non-hydrogen) atoms. The lowest BCUT2D eigenvalue weighted by Crippen LogP contribution is -2.27. The summed E-state index contributed by atoms with van der Waals surface area (Å²) in [5.41, 5.74) is 1.39. The number of carbonyl (C=O) groups is 1. The number of hydrogen-bond donors (Lipinski definition) is 2. The molecule has 0 atom stereocenters. The third-order valence-corrected chi connectivity index (χ3v) is 2.63. The highest BCUT2D eigenvalue weighted by atomic mass is 16.2. The molecular weight excluding hydrogens is 238 g/mol. The van der Waals surface area contributed by atoms with Crippen molar-refractivity contribution in [1.29, 1.82) is 0 Å². The van der Waals surface area contributed by atoms with Crippen molar-refractivity contribution in [1.82, 2.24) is 5.32 Å². The number of rotatable bonds is 3. The monoisotopic (exact) mass is 259 g/mol. The van der Waals surface area contributed by atoms with Gasteiger partial charge in [0.25, 0.3) is 5.91 Å². The van der Waals surface area contributed by atoms with E-state index in [1.807, 2.05) is 12.1 Å². The van der Waals surface area contributed by atoms with Crippen LogP contribution in [0.25, 0.3) is 0 Å². The van der Waals surface area contributed by atoms with Crippen LogP contribution >= 0.6 is 0 Å². The van der Waals surface area contributed by atoms with Gasteiger partial charge in [0.15, 0.2) is 0 Å². The molecule has 2 N–H and O–H groups in total. The van der Waals surface area contributed by atoms with Gasteiger partial charge < -0.3 is 10.4 Å². The molecule has 0 saturated heterocycles. The third kappa shape index (κ3) is 5.58. The molecule has 0 unspecified atom stereocenters. The van der Waals surface area contributed by atoms with Crippen molar-refractivity contribution in [2.24, 2.45) is 5.41 Å². The van der Waals surface area contributed by atoms with Crippen LogP contribution in [0.2, 0.25) is 0 Å². The Hall–Kier alpha value is -1.79. The number of nitrogens with one attached hydrogen (secondary N) is 1. The Balaban J connectivity index is 2.72. The summed E-state index contributed by atoms with van der Waals surface area (Å²) in [7, 11) is 0. The fourth-order valence-electron chi connectivity index (χ4n) is 1.57. The molecule has 0 aliphatic heterocycles. The Bertz CT molecular complexity index is 489. The Labute approximate surface area is 115 Å². The second-order valence-corrected chi connectivity index (χ2v) is 5.57. The quantitative estimate of drug-likeness (QED) is 0.818. The van der Waals surface area contributed by atoms with E-state index in [0.717, 1.165) is 6.42 Å². The Morgan fingerprint density at radius 1 is 1.32 bits per heavy atom. The zero-order chi connectivity index (χ0) is 14.3. The molecule has 0 aliphatic carbocycles. The number of benzene rings is 1. The van der Waals surface area contributed by atoms with Gasteiger partial charge in [-0.1, -0.05) is 44.7 Å². The molecular formula is C16H21NO2. The number of aliphatic hydroxyl groups is 1. The molecule has 3 heteroatoms. The van der Waals surface area contributed by atoms with Crippen LogP contribution in [0.3, 0.4) is 0 Å². The molecule has 3 nitrogen and oxygen atoms in total. The van der Waals surface area contributed by atoms with E-state index in [-0.39, 0.29) is 17.9 Å². The van der Waals surface area contributed by atoms with Crippen LogP contribution in [0, 0.1) is 17.3 Å². The fourth-order valence-corrected chi connectivity index (χ4v) is 1.57. The summed E-state index contributed by atoms with van der Waals surface area (Å²) < 4.78 is 0. The first-order valence-corrected chi connectivity index (χ1v) is 6.41. The minimum Gasteiger partial charge on any atom is -0.384 e. The lowest BCUT2D eigenvalue weighted by atomic mass is 9.92. The highest BCUT2D eigenvalue weighted by Gasteiger charge is 2.12. The summed E-state index contributed by atoms with van der Waals surface area (Å²) in [6, 6.07) is 7.16. The van der Waals surface area contributed by atoms with Crippen molar-refractivity contribution in [2.45, 2.75) is 27.2 Å². The first-order chi connectivity index (χ1) is 8.94. The number of amides is 1. The molecule has 1 aromatic rings. The normalized spacial score (nSPS) is 10.5. The highest BCUT2D eigenvalue weighted by Crippen LogP contribution is 2.17. The molecule has 0 aliphatic rings. The lowest BCUT2D eigenvalue weighted by molar-refractivity contribution is 0.0949. The van der Waals surface area contributed by atoms with E-state index >= 15 is 0 Å².